The number of carbonyl (C=O) groups is 3. The summed E-state index contributed by atoms with van der Waals surface area (Å²) in [6, 6.07) is 18.0. The number of aliphatic hydroxyl groups excluding tert-OH is 1. The van der Waals surface area contributed by atoms with Crippen LogP contribution in [0.5, 0.6) is 11.5 Å². The number of ketones is 1. The number of ether oxygens (including phenoxy) is 2. The SMILES string of the molecule is CCOc1ccc(/C(O)=C2/C(=O)C(=O)N(c3ccc(CC(=O)O)cc3)C2c2ccc(CC)cc2)c(OCC)c1. The van der Waals surface area contributed by atoms with Gasteiger partial charge in [0.15, 0.2) is 0 Å². The molecule has 0 saturated carbocycles. The van der Waals surface area contributed by atoms with E-state index in [4.69, 9.17) is 14.6 Å². The van der Waals surface area contributed by atoms with Crippen LogP contribution in [0.25, 0.3) is 5.76 Å². The van der Waals surface area contributed by atoms with E-state index in [-0.39, 0.29) is 23.3 Å². The van der Waals surface area contributed by atoms with E-state index in [1.54, 1.807) is 49.4 Å². The molecule has 4 rings (SSSR count). The molecule has 1 atom stereocenters. The van der Waals surface area contributed by atoms with E-state index in [1.165, 1.54) is 4.90 Å². The van der Waals surface area contributed by atoms with Crippen LogP contribution in [0.4, 0.5) is 5.69 Å². The summed E-state index contributed by atoms with van der Waals surface area (Å²) in [4.78, 5) is 39.4. The van der Waals surface area contributed by atoms with Crippen LogP contribution < -0.4 is 14.4 Å². The molecule has 8 nitrogen and oxygen atoms in total. The van der Waals surface area contributed by atoms with Crippen molar-refractivity contribution in [3.8, 4) is 11.5 Å². The second-order valence-corrected chi connectivity index (χ2v) is 9.03. The van der Waals surface area contributed by atoms with Gasteiger partial charge in [-0.1, -0.05) is 43.3 Å². The molecule has 0 bridgehead atoms. The number of hydrogen-bond donors (Lipinski definition) is 2. The van der Waals surface area contributed by atoms with Crippen LogP contribution in [0.3, 0.4) is 0 Å². The first-order chi connectivity index (χ1) is 18.8. The average Bonchev–Trinajstić information content (AvgIpc) is 3.19. The number of nitrogens with zero attached hydrogens (tertiary/aromatic N) is 1. The molecule has 1 unspecified atom stereocenters. The topological polar surface area (TPSA) is 113 Å². The maximum Gasteiger partial charge on any atom is 0.307 e. The zero-order valence-corrected chi connectivity index (χ0v) is 22.1. The Morgan fingerprint density at radius 1 is 0.846 bits per heavy atom. The highest BCUT2D eigenvalue weighted by molar-refractivity contribution is 6.51. The number of carboxylic acids is 1. The molecule has 2 N–H and O–H groups in total. The molecule has 0 aliphatic carbocycles. The molecule has 1 saturated heterocycles. The molecule has 0 radical (unpaired) electrons. The van der Waals surface area contributed by atoms with Crippen molar-refractivity contribution in [3.05, 3.63) is 94.6 Å². The van der Waals surface area contributed by atoms with Crippen LogP contribution in [-0.4, -0.2) is 41.1 Å². The van der Waals surface area contributed by atoms with Crippen molar-refractivity contribution in [2.75, 3.05) is 18.1 Å². The lowest BCUT2D eigenvalue weighted by atomic mass is 9.94. The molecule has 3 aromatic rings. The standard InChI is InChI=1S/C31H31NO7/c1-4-19-7-11-21(12-8-19)28-27(29(35)24-16-15-23(38-5-2)18-25(24)39-6-3)30(36)31(37)32(28)22-13-9-20(10-14-22)17-26(33)34/h7-16,18,28,35H,4-6,17H2,1-3H3,(H,33,34)/b29-27-. The first kappa shape index (κ1) is 27.4. The minimum atomic E-state index is -0.973. The Hall–Kier alpha value is -4.59. The Kier molecular flexibility index (Phi) is 8.34. The lowest BCUT2D eigenvalue weighted by Gasteiger charge is -2.26. The number of aliphatic carboxylic acids is 1. The Morgan fingerprint density at radius 3 is 2.08 bits per heavy atom. The zero-order valence-electron chi connectivity index (χ0n) is 22.1. The Labute approximate surface area is 227 Å². The normalized spacial score (nSPS) is 16.4. The highest BCUT2D eigenvalue weighted by atomic mass is 16.5. The van der Waals surface area contributed by atoms with Crippen molar-refractivity contribution in [1.29, 1.82) is 0 Å². The fourth-order valence-corrected chi connectivity index (χ4v) is 4.67. The van der Waals surface area contributed by atoms with Crippen molar-refractivity contribution < 1.29 is 34.1 Å². The summed E-state index contributed by atoms with van der Waals surface area (Å²) in [6.07, 6.45) is 0.647. The second-order valence-electron chi connectivity index (χ2n) is 9.03. The Morgan fingerprint density at radius 2 is 1.49 bits per heavy atom. The summed E-state index contributed by atoms with van der Waals surface area (Å²) in [7, 11) is 0. The van der Waals surface area contributed by atoms with Gasteiger partial charge in [-0.15, -0.1) is 0 Å². The molecule has 0 spiro atoms. The van der Waals surface area contributed by atoms with Crippen molar-refractivity contribution in [3.63, 3.8) is 0 Å². The molecular weight excluding hydrogens is 498 g/mol. The summed E-state index contributed by atoms with van der Waals surface area (Å²) < 4.78 is 11.3. The van der Waals surface area contributed by atoms with Crippen LogP contribution in [0.1, 0.15) is 49.1 Å². The fourth-order valence-electron chi connectivity index (χ4n) is 4.67. The average molecular weight is 530 g/mol. The number of anilines is 1. The Balaban J connectivity index is 1.89. The van der Waals surface area contributed by atoms with Gasteiger partial charge in [0.05, 0.1) is 36.8 Å². The highest BCUT2D eigenvalue weighted by Crippen LogP contribution is 2.43. The molecule has 39 heavy (non-hydrogen) atoms. The third-order valence-electron chi connectivity index (χ3n) is 6.54. The summed E-state index contributed by atoms with van der Waals surface area (Å²) in [6.45, 7) is 6.45. The number of carboxylic acid groups (broad SMARTS) is 1. The third kappa shape index (κ3) is 5.65. The van der Waals surface area contributed by atoms with Gasteiger partial charge in [0.25, 0.3) is 11.7 Å². The second kappa shape index (κ2) is 11.9. The number of Topliss-reactive ketones (excluding diaryl/α,β-unsaturated/α-hetero) is 1. The molecule has 1 aliphatic rings. The lowest BCUT2D eigenvalue weighted by molar-refractivity contribution is -0.136. The van der Waals surface area contributed by atoms with E-state index in [1.807, 2.05) is 38.1 Å². The largest absolute Gasteiger partial charge is 0.507 e. The first-order valence-corrected chi connectivity index (χ1v) is 12.9. The molecule has 1 amide bonds. The van der Waals surface area contributed by atoms with E-state index < -0.39 is 23.7 Å². The third-order valence-corrected chi connectivity index (χ3v) is 6.54. The first-order valence-electron chi connectivity index (χ1n) is 12.9. The minimum Gasteiger partial charge on any atom is -0.507 e. The smallest absolute Gasteiger partial charge is 0.307 e. The zero-order chi connectivity index (χ0) is 28.1. The number of carbonyl (C=O) groups excluding carboxylic acids is 2. The van der Waals surface area contributed by atoms with Gasteiger partial charge in [0.1, 0.15) is 17.3 Å². The number of aliphatic hydroxyl groups is 1. The number of aryl methyl sites for hydroxylation is 1. The summed E-state index contributed by atoms with van der Waals surface area (Å²) in [5.41, 5.74) is 2.90. The monoisotopic (exact) mass is 529 g/mol. The molecule has 1 heterocycles. The summed E-state index contributed by atoms with van der Waals surface area (Å²) in [5.74, 6) is -2.08. The van der Waals surface area contributed by atoms with Gasteiger partial charge >= 0.3 is 5.97 Å². The summed E-state index contributed by atoms with van der Waals surface area (Å²) in [5, 5.41) is 20.7. The van der Waals surface area contributed by atoms with Gasteiger partial charge in [-0.25, -0.2) is 0 Å². The van der Waals surface area contributed by atoms with Gasteiger partial charge in [-0.3, -0.25) is 19.3 Å². The van der Waals surface area contributed by atoms with E-state index in [2.05, 4.69) is 0 Å². The van der Waals surface area contributed by atoms with Gasteiger partial charge in [0.2, 0.25) is 0 Å². The van der Waals surface area contributed by atoms with Crippen molar-refractivity contribution in [2.45, 2.75) is 39.7 Å². The van der Waals surface area contributed by atoms with Gasteiger partial charge in [0, 0.05) is 11.8 Å². The lowest BCUT2D eigenvalue weighted by Crippen LogP contribution is -2.29. The number of benzene rings is 3. The number of rotatable bonds is 10. The molecule has 8 heteroatoms. The van der Waals surface area contributed by atoms with Gasteiger partial charge in [-0.05, 0) is 61.2 Å². The predicted molar refractivity (Wildman–Crippen MR) is 147 cm³/mol. The molecular formula is C31H31NO7. The maximum absolute atomic E-state index is 13.5. The van der Waals surface area contributed by atoms with E-state index in [0.717, 1.165) is 12.0 Å². The molecule has 1 aliphatic heterocycles. The predicted octanol–water partition coefficient (Wildman–Crippen LogP) is 5.30. The number of amides is 1. The quantitative estimate of drug-likeness (QED) is 0.208. The number of hydrogen-bond acceptors (Lipinski definition) is 6. The van der Waals surface area contributed by atoms with E-state index in [9.17, 15) is 19.5 Å². The van der Waals surface area contributed by atoms with Crippen LogP contribution >= 0.6 is 0 Å². The van der Waals surface area contributed by atoms with E-state index in [0.29, 0.717) is 41.5 Å². The molecule has 1 fully saturated rings. The molecule has 0 aromatic heterocycles. The minimum absolute atomic E-state index is 0.0658. The molecule has 202 valence electrons. The van der Waals surface area contributed by atoms with Crippen molar-refractivity contribution in [1.82, 2.24) is 0 Å². The van der Waals surface area contributed by atoms with Gasteiger partial charge < -0.3 is 19.7 Å². The van der Waals surface area contributed by atoms with Crippen LogP contribution in [-0.2, 0) is 27.2 Å². The van der Waals surface area contributed by atoms with Crippen LogP contribution in [0, 0.1) is 0 Å². The summed E-state index contributed by atoms with van der Waals surface area (Å²) >= 11 is 0. The highest BCUT2D eigenvalue weighted by Gasteiger charge is 2.47. The molecule has 3 aromatic carbocycles. The van der Waals surface area contributed by atoms with Crippen molar-refractivity contribution in [2.24, 2.45) is 0 Å². The maximum atomic E-state index is 13.5. The Bertz CT molecular complexity index is 1410. The fraction of sp³-hybridized carbons (Fsp3) is 0.258. The van der Waals surface area contributed by atoms with Crippen LogP contribution in [0.2, 0.25) is 0 Å². The van der Waals surface area contributed by atoms with Crippen molar-refractivity contribution >= 4 is 29.1 Å². The van der Waals surface area contributed by atoms with Gasteiger partial charge in [-0.2, -0.15) is 0 Å². The van der Waals surface area contributed by atoms with E-state index >= 15 is 0 Å². The van der Waals surface area contributed by atoms with Crippen LogP contribution in [0.15, 0.2) is 72.3 Å².